The summed E-state index contributed by atoms with van der Waals surface area (Å²) in [6.45, 7) is 6.80. The van der Waals surface area contributed by atoms with Crippen molar-refractivity contribution in [3.05, 3.63) is 46.7 Å². The Labute approximate surface area is 159 Å². The predicted octanol–water partition coefficient (Wildman–Crippen LogP) is 3.21. The van der Waals surface area contributed by atoms with E-state index in [9.17, 15) is 4.79 Å². The summed E-state index contributed by atoms with van der Waals surface area (Å²) < 4.78 is 1.80. The molecule has 4 rings (SSSR count). The van der Waals surface area contributed by atoms with Gasteiger partial charge in [-0.05, 0) is 62.8 Å². The number of carbonyl (C=O) groups excluding carboxylic acids is 1. The van der Waals surface area contributed by atoms with Crippen molar-refractivity contribution in [1.29, 1.82) is 0 Å². The average Bonchev–Trinajstić information content (AvgIpc) is 3.18. The molecule has 6 nitrogen and oxygen atoms in total. The van der Waals surface area contributed by atoms with Crippen molar-refractivity contribution in [2.45, 2.75) is 59.5 Å². The van der Waals surface area contributed by atoms with Gasteiger partial charge in [-0.3, -0.25) is 4.79 Å². The van der Waals surface area contributed by atoms with Crippen LogP contribution in [-0.4, -0.2) is 25.7 Å². The van der Waals surface area contributed by atoms with Gasteiger partial charge in [-0.1, -0.05) is 13.0 Å². The number of H-pyrrole nitrogens is 1. The van der Waals surface area contributed by atoms with E-state index in [1.165, 1.54) is 35.0 Å². The number of aromatic nitrogens is 4. The first-order valence-electron chi connectivity index (χ1n) is 9.79. The summed E-state index contributed by atoms with van der Waals surface area (Å²) in [5, 5.41) is 8.73. The fourth-order valence-electron chi connectivity index (χ4n) is 4.00. The van der Waals surface area contributed by atoms with Crippen LogP contribution in [0.25, 0.3) is 10.9 Å². The van der Waals surface area contributed by atoms with Crippen molar-refractivity contribution in [2.24, 2.45) is 5.92 Å². The molecule has 0 radical (unpaired) electrons. The van der Waals surface area contributed by atoms with E-state index in [0.29, 0.717) is 13.1 Å². The second-order valence-electron chi connectivity index (χ2n) is 7.68. The first kappa shape index (κ1) is 17.8. The zero-order valence-electron chi connectivity index (χ0n) is 16.3. The van der Waals surface area contributed by atoms with E-state index >= 15 is 0 Å². The topological polar surface area (TPSA) is 75.6 Å². The van der Waals surface area contributed by atoms with Crippen molar-refractivity contribution in [2.75, 3.05) is 0 Å². The highest BCUT2D eigenvalue weighted by Gasteiger charge is 2.17. The molecule has 2 aromatic heterocycles. The monoisotopic (exact) mass is 365 g/mol. The molecule has 0 saturated heterocycles. The molecule has 0 unspecified atom stereocenters. The number of nitrogens with one attached hydrogen (secondary N) is 2. The molecule has 0 spiro atoms. The van der Waals surface area contributed by atoms with Crippen LogP contribution in [0.1, 0.15) is 48.2 Å². The van der Waals surface area contributed by atoms with E-state index in [4.69, 9.17) is 0 Å². The molecule has 2 N–H and O–H groups in total. The summed E-state index contributed by atoms with van der Waals surface area (Å²) in [7, 11) is 0. The number of carbonyl (C=O) groups is 1. The molecule has 0 saturated carbocycles. The van der Waals surface area contributed by atoms with E-state index in [1.54, 1.807) is 4.68 Å². The maximum Gasteiger partial charge on any atom is 0.224 e. The second kappa shape index (κ2) is 7.18. The molecular weight excluding hydrogens is 338 g/mol. The van der Waals surface area contributed by atoms with Crippen LogP contribution < -0.4 is 5.32 Å². The van der Waals surface area contributed by atoms with Crippen molar-refractivity contribution < 1.29 is 4.79 Å². The van der Waals surface area contributed by atoms with Crippen molar-refractivity contribution in [1.82, 2.24) is 25.1 Å². The summed E-state index contributed by atoms with van der Waals surface area (Å²) in [6.07, 6.45) is 4.83. The van der Waals surface area contributed by atoms with Crippen LogP contribution in [0, 0.1) is 19.8 Å². The van der Waals surface area contributed by atoms with Gasteiger partial charge in [0.05, 0.1) is 12.5 Å². The number of nitrogens with zero attached hydrogens (tertiary/aromatic N) is 3. The van der Waals surface area contributed by atoms with Crippen LogP contribution in [0.4, 0.5) is 0 Å². The number of amides is 1. The highest BCUT2D eigenvalue weighted by molar-refractivity contribution is 5.86. The molecular formula is C21H27N5O. The number of benzene rings is 1. The Morgan fingerprint density at radius 2 is 2.11 bits per heavy atom. The quantitative estimate of drug-likeness (QED) is 0.729. The molecule has 0 fully saturated rings. The normalized spacial score (nSPS) is 14.9. The van der Waals surface area contributed by atoms with Gasteiger partial charge in [-0.2, -0.15) is 5.10 Å². The van der Waals surface area contributed by atoms with Gasteiger partial charge >= 0.3 is 0 Å². The lowest BCUT2D eigenvalue weighted by molar-refractivity contribution is -0.125. The molecule has 142 valence electrons. The van der Waals surface area contributed by atoms with E-state index in [2.05, 4.69) is 38.6 Å². The molecule has 1 atom stereocenters. The fraction of sp³-hybridized carbons (Fsp3) is 0.476. The summed E-state index contributed by atoms with van der Waals surface area (Å²) in [6, 6.07) is 6.46. The number of rotatable bonds is 5. The van der Waals surface area contributed by atoms with Crippen LogP contribution in [0.5, 0.6) is 0 Å². The molecule has 27 heavy (non-hydrogen) atoms. The first-order chi connectivity index (χ1) is 13.0. The Balaban J connectivity index is 1.41. The number of aromatic amines is 1. The van der Waals surface area contributed by atoms with Gasteiger partial charge in [0, 0.05) is 23.1 Å². The van der Waals surface area contributed by atoms with Crippen molar-refractivity contribution in [3.8, 4) is 0 Å². The second-order valence-corrected chi connectivity index (χ2v) is 7.68. The Kier molecular flexibility index (Phi) is 4.72. The first-order valence-corrected chi connectivity index (χ1v) is 9.79. The summed E-state index contributed by atoms with van der Waals surface area (Å²) in [5.74, 6) is 1.46. The SMILES string of the molecule is Cc1nc(C)n(C[C@@H](C)C(=O)NCc2ccc3[nH]c4c(c3c2)CCCC4)n1. The third-order valence-corrected chi connectivity index (χ3v) is 5.49. The Hall–Kier alpha value is -2.63. The maximum absolute atomic E-state index is 12.5. The van der Waals surface area contributed by atoms with E-state index in [1.807, 2.05) is 20.8 Å². The molecule has 0 bridgehead atoms. The number of fused-ring (bicyclic) bond motifs is 3. The lowest BCUT2D eigenvalue weighted by Gasteiger charge is -2.13. The minimum Gasteiger partial charge on any atom is -0.358 e. The van der Waals surface area contributed by atoms with Gasteiger partial charge in [0.1, 0.15) is 11.6 Å². The highest BCUT2D eigenvalue weighted by atomic mass is 16.1. The molecule has 1 aromatic carbocycles. The largest absolute Gasteiger partial charge is 0.358 e. The third-order valence-electron chi connectivity index (χ3n) is 5.49. The molecule has 1 aliphatic rings. The van der Waals surface area contributed by atoms with Crippen molar-refractivity contribution >= 4 is 16.8 Å². The van der Waals surface area contributed by atoms with Gasteiger partial charge in [0.25, 0.3) is 0 Å². The van der Waals surface area contributed by atoms with E-state index in [-0.39, 0.29) is 11.8 Å². The number of aryl methyl sites for hydroxylation is 4. The standard InChI is InChI=1S/C21H27N5O/c1-13(12-26-15(3)23-14(2)25-26)21(27)22-11-16-8-9-20-18(10-16)17-6-4-5-7-19(17)24-20/h8-10,13,24H,4-7,11-12H2,1-3H3,(H,22,27)/t13-/m1/s1. The van der Waals surface area contributed by atoms with Crippen LogP contribution in [0.3, 0.4) is 0 Å². The zero-order chi connectivity index (χ0) is 19.0. The van der Waals surface area contributed by atoms with Gasteiger partial charge < -0.3 is 10.3 Å². The summed E-state index contributed by atoms with van der Waals surface area (Å²) in [4.78, 5) is 20.4. The Bertz CT molecular complexity index is 984. The lowest BCUT2D eigenvalue weighted by Crippen LogP contribution is -2.31. The third kappa shape index (κ3) is 3.61. The van der Waals surface area contributed by atoms with Gasteiger partial charge in [0.15, 0.2) is 0 Å². The predicted molar refractivity (Wildman–Crippen MR) is 105 cm³/mol. The maximum atomic E-state index is 12.5. The number of hydrogen-bond acceptors (Lipinski definition) is 3. The van der Waals surface area contributed by atoms with Gasteiger partial charge in [0.2, 0.25) is 5.91 Å². The van der Waals surface area contributed by atoms with Crippen molar-refractivity contribution in [3.63, 3.8) is 0 Å². The van der Waals surface area contributed by atoms with Crippen LogP contribution in [0.15, 0.2) is 18.2 Å². The van der Waals surface area contributed by atoms with Gasteiger partial charge in [-0.25, -0.2) is 9.67 Å². The Morgan fingerprint density at radius 1 is 1.30 bits per heavy atom. The average molecular weight is 365 g/mol. The molecule has 6 heteroatoms. The molecule has 1 amide bonds. The summed E-state index contributed by atoms with van der Waals surface area (Å²) in [5.41, 5.74) is 5.21. The molecule has 0 aliphatic heterocycles. The lowest BCUT2D eigenvalue weighted by atomic mass is 9.95. The van der Waals surface area contributed by atoms with Crippen LogP contribution in [-0.2, 0) is 30.7 Å². The van der Waals surface area contributed by atoms with Crippen LogP contribution in [0.2, 0.25) is 0 Å². The van der Waals surface area contributed by atoms with Crippen LogP contribution >= 0.6 is 0 Å². The summed E-state index contributed by atoms with van der Waals surface area (Å²) >= 11 is 0. The Morgan fingerprint density at radius 3 is 2.89 bits per heavy atom. The highest BCUT2D eigenvalue weighted by Crippen LogP contribution is 2.29. The van der Waals surface area contributed by atoms with E-state index in [0.717, 1.165) is 30.1 Å². The minimum atomic E-state index is -0.159. The number of hydrogen-bond donors (Lipinski definition) is 2. The smallest absolute Gasteiger partial charge is 0.224 e. The fourth-order valence-corrected chi connectivity index (χ4v) is 4.00. The van der Waals surface area contributed by atoms with E-state index < -0.39 is 0 Å². The van der Waals surface area contributed by atoms with Gasteiger partial charge in [-0.15, -0.1) is 0 Å². The minimum absolute atomic E-state index is 0.0405. The molecule has 2 heterocycles. The molecule has 3 aromatic rings. The molecule has 1 aliphatic carbocycles. The zero-order valence-corrected chi connectivity index (χ0v) is 16.3.